The van der Waals surface area contributed by atoms with Gasteiger partial charge in [-0.1, -0.05) is 81.1 Å². The number of hydrogen-bond acceptors (Lipinski definition) is 4. The number of esters is 1. The SMILES string of the molecule is C/C=C(\C)C(=O)OCc1cc(-c2ccc(-c3ccc(C4CCC(CCCCC)CC4)cc3)cc2F)ccc1OCCO. The molecule has 1 aliphatic rings. The third-order valence-electron chi connectivity index (χ3n) is 8.58. The first-order valence-electron chi connectivity index (χ1n) is 15.5. The van der Waals surface area contributed by atoms with Gasteiger partial charge >= 0.3 is 5.97 Å². The number of carbonyl (C=O) groups excluding carboxylic acids is 1. The number of aliphatic hydroxyl groups is 1. The normalized spacial score (nSPS) is 17.2. The van der Waals surface area contributed by atoms with Crippen LogP contribution >= 0.6 is 0 Å². The largest absolute Gasteiger partial charge is 0.491 e. The Labute approximate surface area is 250 Å². The van der Waals surface area contributed by atoms with E-state index in [4.69, 9.17) is 9.47 Å². The molecule has 224 valence electrons. The van der Waals surface area contributed by atoms with Gasteiger partial charge in [0.25, 0.3) is 0 Å². The molecule has 0 aliphatic heterocycles. The van der Waals surface area contributed by atoms with Crippen LogP contribution in [0.4, 0.5) is 4.39 Å². The predicted molar refractivity (Wildman–Crippen MR) is 168 cm³/mol. The Kier molecular flexibility index (Phi) is 11.8. The van der Waals surface area contributed by atoms with E-state index in [-0.39, 0.29) is 25.6 Å². The van der Waals surface area contributed by atoms with E-state index in [1.165, 1.54) is 56.9 Å². The minimum absolute atomic E-state index is 0.0226. The summed E-state index contributed by atoms with van der Waals surface area (Å²) in [6.45, 7) is 5.67. The van der Waals surface area contributed by atoms with Gasteiger partial charge in [0.2, 0.25) is 0 Å². The van der Waals surface area contributed by atoms with Gasteiger partial charge in [0.05, 0.1) is 6.61 Å². The fourth-order valence-electron chi connectivity index (χ4n) is 5.88. The van der Waals surface area contributed by atoms with E-state index in [2.05, 4.69) is 31.2 Å². The fraction of sp³-hybridized carbons (Fsp3) is 0.432. The molecule has 1 fully saturated rings. The first-order chi connectivity index (χ1) is 20.4. The summed E-state index contributed by atoms with van der Waals surface area (Å²) in [5.74, 6) is 1.26. The van der Waals surface area contributed by atoms with Gasteiger partial charge in [-0.05, 0) is 91.8 Å². The van der Waals surface area contributed by atoms with E-state index in [0.29, 0.717) is 33.9 Å². The van der Waals surface area contributed by atoms with E-state index in [1.807, 2.05) is 6.07 Å². The minimum atomic E-state index is -0.423. The molecule has 0 heterocycles. The first kappa shape index (κ1) is 31.5. The Hall–Kier alpha value is -3.44. The second-order valence-electron chi connectivity index (χ2n) is 11.5. The lowest BCUT2D eigenvalue weighted by molar-refractivity contribution is -0.140. The van der Waals surface area contributed by atoms with Gasteiger partial charge in [-0.3, -0.25) is 0 Å². The number of rotatable bonds is 13. The maximum Gasteiger partial charge on any atom is 0.333 e. The van der Waals surface area contributed by atoms with E-state index < -0.39 is 5.97 Å². The summed E-state index contributed by atoms with van der Waals surface area (Å²) in [6, 6.07) is 19.3. The highest BCUT2D eigenvalue weighted by Gasteiger charge is 2.22. The Balaban J connectivity index is 1.45. The minimum Gasteiger partial charge on any atom is -0.491 e. The summed E-state index contributed by atoms with van der Waals surface area (Å²) >= 11 is 0. The molecule has 1 N–H and O–H groups in total. The van der Waals surface area contributed by atoms with Gasteiger partial charge in [-0.15, -0.1) is 0 Å². The van der Waals surface area contributed by atoms with Gasteiger partial charge in [0.15, 0.2) is 0 Å². The highest BCUT2D eigenvalue weighted by molar-refractivity contribution is 5.87. The molecule has 0 saturated heterocycles. The van der Waals surface area contributed by atoms with Crippen molar-refractivity contribution < 1.29 is 23.8 Å². The van der Waals surface area contributed by atoms with E-state index in [0.717, 1.165) is 17.0 Å². The van der Waals surface area contributed by atoms with Crippen molar-refractivity contribution in [2.24, 2.45) is 5.92 Å². The Morgan fingerprint density at radius 1 is 0.952 bits per heavy atom. The molecule has 0 aromatic heterocycles. The number of carbonyl (C=O) groups is 1. The smallest absolute Gasteiger partial charge is 0.333 e. The van der Waals surface area contributed by atoms with Crippen LogP contribution in [-0.2, 0) is 16.1 Å². The number of unbranched alkanes of at least 4 members (excludes halogenated alkanes) is 2. The standard InChI is InChI=1S/C37H45FO4/c1-4-6-7-8-27-9-11-28(12-10-27)29-13-15-30(16-14-29)31-17-19-34(35(38)24-31)32-18-20-36(41-22-21-39)33(23-32)25-42-37(40)26(3)5-2/h5,13-20,23-24,27-28,39H,4,6-12,21-22,25H2,1-3H3/b26-5+. The average molecular weight is 573 g/mol. The maximum absolute atomic E-state index is 15.5. The van der Waals surface area contributed by atoms with Gasteiger partial charge in [-0.25, -0.2) is 9.18 Å². The fourth-order valence-corrected chi connectivity index (χ4v) is 5.88. The summed E-state index contributed by atoms with van der Waals surface area (Å²) in [6.07, 6.45) is 12.3. The van der Waals surface area contributed by atoms with Gasteiger partial charge in [-0.2, -0.15) is 0 Å². The zero-order valence-corrected chi connectivity index (χ0v) is 25.3. The van der Waals surface area contributed by atoms with Crippen molar-refractivity contribution in [1.82, 2.24) is 0 Å². The lowest BCUT2D eigenvalue weighted by Gasteiger charge is -2.29. The highest BCUT2D eigenvalue weighted by Crippen LogP contribution is 2.38. The summed E-state index contributed by atoms with van der Waals surface area (Å²) in [5, 5.41) is 9.19. The van der Waals surface area contributed by atoms with Crippen molar-refractivity contribution >= 4 is 5.97 Å². The van der Waals surface area contributed by atoms with Crippen LogP contribution < -0.4 is 4.74 Å². The molecule has 1 aliphatic carbocycles. The third kappa shape index (κ3) is 8.32. The molecular formula is C37H45FO4. The number of benzene rings is 3. The molecule has 0 radical (unpaired) electrons. The molecule has 1 saturated carbocycles. The third-order valence-corrected chi connectivity index (χ3v) is 8.58. The monoisotopic (exact) mass is 572 g/mol. The van der Waals surface area contributed by atoms with Crippen molar-refractivity contribution in [2.75, 3.05) is 13.2 Å². The van der Waals surface area contributed by atoms with Crippen molar-refractivity contribution in [3.8, 4) is 28.0 Å². The molecule has 5 heteroatoms. The Morgan fingerprint density at radius 3 is 2.33 bits per heavy atom. The van der Waals surface area contributed by atoms with Crippen LogP contribution in [0.5, 0.6) is 5.75 Å². The molecule has 4 rings (SSSR count). The van der Waals surface area contributed by atoms with Crippen molar-refractivity contribution in [2.45, 2.75) is 84.7 Å². The second kappa shape index (κ2) is 15.7. The Morgan fingerprint density at radius 2 is 1.67 bits per heavy atom. The van der Waals surface area contributed by atoms with Crippen molar-refractivity contribution in [1.29, 1.82) is 0 Å². The molecule has 3 aromatic rings. The van der Waals surface area contributed by atoms with E-state index >= 15 is 4.39 Å². The molecule has 0 unspecified atom stereocenters. The average Bonchev–Trinajstić information content (AvgIpc) is 3.03. The first-order valence-corrected chi connectivity index (χ1v) is 15.5. The van der Waals surface area contributed by atoms with Crippen LogP contribution in [0.15, 0.2) is 72.3 Å². The molecule has 0 bridgehead atoms. The number of halogens is 1. The molecule has 3 aromatic carbocycles. The number of aliphatic hydroxyl groups excluding tert-OH is 1. The van der Waals surface area contributed by atoms with Crippen molar-refractivity contribution in [3.05, 3.63) is 89.3 Å². The molecule has 0 atom stereocenters. The molecule has 42 heavy (non-hydrogen) atoms. The predicted octanol–water partition coefficient (Wildman–Crippen LogP) is 9.39. The van der Waals surface area contributed by atoms with Gasteiger partial charge < -0.3 is 14.6 Å². The van der Waals surface area contributed by atoms with Crippen molar-refractivity contribution in [3.63, 3.8) is 0 Å². The quantitative estimate of drug-likeness (QED) is 0.126. The summed E-state index contributed by atoms with van der Waals surface area (Å²) in [5.41, 5.74) is 5.45. The van der Waals surface area contributed by atoms with E-state index in [1.54, 1.807) is 50.3 Å². The molecule has 0 amide bonds. The highest BCUT2D eigenvalue weighted by atomic mass is 19.1. The maximum atomic E-state index is 15.5. The lowest BCUT2D eigenvalue weighted by atomic mass is 9.77. The zero-order valence-electron chi connectivity index (χ0n) is 25.3. The Bertz CT molecular complexity index is 1340. The van der Waals surface area contributed by atoms with Gasteiger partial charge in [0.1, 0.15) is 24.8 Å². The molecular weight excluding hydrogens is 527 g/mol. The number of ether oxygens (including phenoxy) is 2. The van der Waals surface area contributed by atoms with Crippen LogP contribution in [0.1, 0.15) is 89.2 Å². The van der Waals surface area contributed by atoms with Crippen LogP contribution in [-0.4, -0.2) is 24.3 Å². The lowest BCUT2D eigenvalue weighted by Crippen LogP contribution is -2.13. The number of allylic oxidation sites excluding steroid dienone is 1. The van der Waals surface area contributed by atoms with Crippen LogP contribution in [0.2, 0.25) is 0 Å². The number of hydrogen-bond donors (Lipinski definition) is 1. The van der Waals surface area contributed by atoms with Crippen LogP contribution in [0.3, 0.4) is 0 Å². The molecule has 0 spiro atoms. The zero-order chi connectivity index (χ0) is 29.9. The summed E-state index contributed by atoms with van der Waals surface area (Å²) < 4.78 is 26.5. The topological polar surface area (TPSA) is 55.8 Å². The van der Waals surface area contributed by atoms with E-state index in [9.17, 15) is 9.90 Å². The second-order valence-corrected chi connectivity index (χ2v) is 11.5. The van der Waals surface area contributed by atoms with Crippen LogP contribution in [0.25, 0.3) is 22.3 Å². The molecule has 4 nitrogen and oxygen atoms in total. The van der Waals surface area contributed by atoms with Crippen LogP contribution in [0, 0.1) is 11.7 Å². The summed E-state index contributed by atoms with van der Waals surface area (Å²) in [4.78, 5) is 12.2. The summed E-state index contributed by atoms with van der Waals surface area (Å²) in [7, 11) is 0. The van der Waals surface area contributed by atoms with Gasteiger partial charge in [0, 0.05) is 16.7 Å².